The van der Waals surface area contributed by atoms with Crippen LogP contribution in [0.3, 0.4) is 0 Å². The Bertz CT molecular complexity index is 906. The van der Waals surface area contributed by atoms with E-state index < -0.39 is 0 Å². The fourth-order valence-corrected chi connectivity index (χ4v) is 2.58. The molecule has 0 saturated heterocycles. The highest BCUT2D eigenvalue weighted by Crippen LogP contribution is 2.12. The normalized spacial score (nSPS) is 10.6. The first-order valence-corrected chi connectivity index (χ1v) is 8.54. The number of carbonyl (C=O) groups is 1. The lowest BCUT2D eigenvalue weighted by atomic mass is 10.2. The molecule has 26 heavy (non-hydrogen) atoms. The van der Waals surface area contributed by atoms with Crippen molar-refractivity contribution in [1.29, 1.82) is 0 Å². The van der Waals surface area contributed by atoms with Crippen LogP contribution in [0.5, 0.6) is 0 Å². The summed E-state index contributed by atoms with van der Waals surface area (Å²) in [6, 6.07) is 8.62. The van der Waals surface area contributed by atoms with Crippen molar-refractivity contribution in [2.75, 3.05) is 18.4 Å². The second-order valence-corrected chi connectivity index (χ2v) is 6.13. The van der Waals surface area contributed by atoms with Gasteiger partial charge in [0, 0.05) is 42.1 Å². The van der Waals surface area contributed by atoms with E-state index in [0.29, 0.717) is 35.3 Å². The third-order valence-corrected chi connectivity index (χ3v) is 3.97. The molecule has 0 atom stereocenters. The molecule has 0 radical (unpaired) electrons. The summed E-state index contributed by atoms with van der Waals surface area (Å²) in [6.45, 7) is 4.75. The van der Waals surface area contributed by atoms with Gasteiger partial charge in [0.15, 0.2) is 0 Å². The lowest BCUT2D eigenvalue weighted by molar-refractivity contribution is 0.0955. The molecule has 0 aliphatic rings. The molecule has 0 unspecified atom stereocenters. The lowest BCUT2D eigenvalue weighted by Crippen LogP contribution is -2.28. The standard InChI is InChI=1S/C18H19ClN6O/c1-12-23-16(11-17(24-12)25-10-9-20-13(25)2)21-7-8-22-18(26)14-3-5-15(19)6-4-14/h3-6,9-11H,7-8H2,1-2H3,(H,22,26)(H,21,23,24). The van der Waals surface area contributed by atoms with E-state index in [1.165, 1.54) is 0 Å². The topological polar surface area (TPSA) is 84.7 Å². The van der Waals surface area contributed by atoms with Gasteiger partial charge in [0.2, 0.25) is 0 Å². The van der Waals surface area contributed by atoms with Crippen molar-refractivity contribution in [2.45, 2.75) is 13.8 Å². The first kappa shape index (κ1) is 17.9. The maximum absolute atomic E-state index is 12.1. The first-order valence-electron chi connectivity index (χ1n) is 8.16. The summed E-state index contributed by atoms with van der Waals surface area (Å²) in [5.41, 5.74) is 0.574. The maximum atomic E-state index is 12.1. The molecule has 2 N–H and O–H groups in total. The number of aromatic nitrogens is 4. The summed E-state index contributed by atoms with van der Waals surface area (Å²) in [7, 11) is 0. The Morgan fingerprint density at radius 3 is 2.62 bits per heavy atom. The first-order chi connectivity index (χ1) is 12.5. The van der Waals surface area contributed by atoms with E-state index in [9.17, 15) is 4.79 Å². The quantitative estimate of drug-likeness (QED) is 0.652. The SMILES string of the molecule is Cc1nc(NCCNC(=O)c2ccc(Cl)cc2)cc(-n2ccnc2C)n1. The minimum absolute atomic E-state index is 0.142. The molecule has 3 aromatic rings. The maximum Gasteiger partial charge on any atom is 0.251 e. The molecule has 1 amide bonds. The highest BCUT2D eigenvalue weighted by molar-refractivity contribution is 6.30. The van der Waals surface area contributed by atoms with Gasteiger partial charge in [0.1, 0.15) is 23.3 Å². The molecular formula is C18H19ClN6O. The van der Waals surface area contributed by atoms with Crippen molar-refractivity contribution in [3.05, 3.63) is 65.0 Å². The van der Waals surface area contributed by atoms with Crippen LogP contribution in [0.4, 0.5) is 5.82 Å². The Labute approximate surface area is 156 Å². The molecular weight excluding hydrogens is 352 g/mol. The van der Waals surface area contributed by atoms with Crippen LogP contribution in [0, 0.1) is 13.8 Å². The predicted molar refractivity (Wildman–Crippen MR) is 101 cm³/mol. The molecule has 7 nitrogen and oxygen atoms in total. The van der Waals surface area contributed by atoms with E-state index in [0.717, 1.165) is 11.6 Å². The number of aryl methyl sites for hydroxylation is 2. The smallest absolute Gasteiger partial charge is 0.251 e. The summed E-state index contributed by atoms with van der Waals surface area (Å²) in [5, 5.41) is 6.66. The van der Waals surface area contributed by atoms with Gasteiger partial charge in [0.25, 0.3) is 5.91 Å². The van der Waals surface area contributed by atoms with E-state index in [4.69, 9.17) is 11.6 Å². The number of nitrogens with zero attached hydrogens (tertiary/aromatic N) is 4. The zero-order valence-electron chi connectivity index (χ0n) is 14.5. The molecule has 0 bridgehead atoms. The van der Waals surface area contributed by atoms with Crippen molar-refractivity contribution in [2.24, 2.45) is 0 Å². The average Bonchev–Trinajstić information content (AvgIpc) is 3.05. The summed E-state index contributed by atoms with van der Waals surface area (Å²) < 4.78 is 1.89. The lowest BCUT2D eigenvalue weighted by Gasteiger charge is -2.10. The van der Waals surface area contributed by atoms with Crippen LogP contribution in [-0.4, -0.2) is 38.5 Å². The Morgan fingerprint density at radius 1 is 1.15 bits per heavy atom. The summed E-state index contributed by atoms with van der Waals surface area (Å²) >= 11 is 5.82. The van der Waals surface area contributed by atoms with Crippen LogP contribution in [0.1, 0.15) is 22.0 Å². The zero-order valence-corrected chi connectivity index (χ0v) is 15.3. The van der Waals surface area contributed by atoms with E-state index in [1.54, 1.807) is 30.5 Å². The molecule has 0 aliphatic heterocycles. The fourth-order valence-electron chi connectivity index (χ4n) is 2.46. The predicted octanol–water partition coefficient (Wildman–Crippen LogP) is 2.77. The molecule has 134 valence electrons. The number of amides is 1. The van der Waals surface area contributed by atoms with Gasteiger partial charge in [-0.3, -0.25) is 9.36 Å². The number of nitrogens with one attached hydrogen (secondary N) is 2. The minimum atomic E-state index is -0.142. The Kier molecular flexibility index (Phi) is 5.48. The molecule has 3 rings (SSSR count). The number of halogens is 1. The Balaban J connectivity index is 1.56. The van der Waals surface area contributed by atoms with Crippen molar-refractivity contribution < 1.29 is 4.79 Å². The molecule has 1 aromatic carbocycles. The molecule has 2 aromatic heterocycles. The summed E-state index contributed by atoms with van der Waals surface area (Å²) in [4.78, 5) is 25.1. The van der Waals surface area contributed by atoms with Crippen LogP contribution in [0.15, 0.2) is 42.7 Å². The van der Waals surface area contributed by atoms with Crippen molar-refractivity contribution in [1.82, 2.24) is 24.8 Å². The zero-order chi connectivity index (χ0) is 18.5. The third-order valence-electron chi connectivity index (χ3n) is 3.72. The van der Waals surface area contributed by atoms with E-state index in [-0.39, 0.29) is 5.91 Å². The fraction of sp³-hybridized carbons (Fsp3) is 0.222. The van der Waals surface area contributed by atoms with Crippen LogP contribution < -0.4 is 10.6 Å². The van der Waals surface area contributed by atoms with Crippen LogP contribution >= 0.6 is 11.6 Å². The number of rotatable bonds is 6. The van der Waals surface area contributed by atoms with Gasteiger partial charge in [-0.15, -0.1) is 0 Å². The van der Waals surface area contributed by atoms with Crippen LogP contribution in [0.25, 0.3) is 5.82 Å². The van der Waals surface area contributed by atoms with Gasteiger partial charge in [-0.2, -0.15) is 0 Å². The number of hydrogen-bond acceptors (Lipinski definition) is 5. The highest BCUT2D eigenvalue weighted by Gasteiger charge is 2.07. The van der Waals surface area contributed by atoms with Gasteiger partial charge < -0.3 is 10.6 Å². The molecule has 0 saturated carbocycles. The number of hydrogen-bond donors (Lipinski definition) is 2. The minimum Gasteiger partial charge on any atom is -0.368 e. The van der Waals surface area contributed by atoms with Crippen molar-refractivity contribution in [3.63, 3.8) is 0 Å². The second-order valence-electron chi connectivity index (χ2n) is 5.69. The van der Waals surface area contributed by atoms with E-state index in [2.05, 4.69) is 25.6 Å². The van der Waals surface area contributed by atoms with Gasteiger partial charge in [0.05, 0.1) is 0 Å². The van der Waals surface area contributed by atoms with Crippen LogP contribution in [-0.2, 0) is 0 Å². The van der Waals surface area contributed by atoms with Gasteiger partial charge in [-0.05, 0) is 38.1 Å². The highest BCUT2D eigenvalue weighted by atomic mass is 35.5. The molecule has 0 fully saturated rings. The number of benzene rings is 1. The van der Waals surface area contributed by atoms with Gasteiger partial charge in [-0.25, -0.2) is 15.0 Å². The third kappa shape index (κ3) is 4.37. The second kappa shape index (κ2) is 7.97. The largest absolute Gasteiger partial charge is 0.368 e. The number of imidazole rings is 1. The molecule has 0 aliphatic carbocycles. The molecule has 2 heterocycles. The molecule has 0 spiro atoms. The van der Waals surface area contributed by atoms with Crippen molar-refractivity contribution >= 4 is 23.3 Å². The van der Waals surface area contributed by atoms with Gasteiger partial charge >= 0.3 is 0 Å². The monoisotopic (exact) mass is 370 g/mol. The van der Waals surface area contributed by atoms with E-state index >= 15 is 0 Å². The summed E-state index contributed by atoms with van der Waals surface area (Å²) in [6.07, 6.45) is 3.58. The Morgan fingerprint density at radius 2 is 1.92 bits per heavy atom. The van der Waals surface area contributed by atoms with E-state index in [1.807, 2.05) is 30.7 Å². The average molecular weight is 371 g/mol. The number of anilines is 1. The van der Waals surface area contributed by atoms with Crippen LogP contribution in [0.2, 0.25) is 5.02 Å². The summed E-state index contributed by atoms with van der Waals surface area (Å²) in [5.74, 6) is 2.81. The molecule has 8 heteroatoms. The van der Waals surface area contributed by atoms with Crippen molar-refractivity contribution in [3.8, 4) is 5.82 Å². The number of carbonyl (C=O) groups excluding carboxylic acids is 1. The van der Waals surface area contributed by atoms with Gasteiger partial charge in [-0.1, -0.05) is 11.6 Å². The Hall–Kier alpha value is -2.93.